The highest BCUT2D eigenvalue weighted by Crippen LogP contribution is 2.42. The third kappa shape index (κ3) is 9.55. The van der Waals surface area contributed by atoms with Gasteiger partial charge in [0.25, 0.3) is 0 Å². The molecule has 0 spiro atoms. The number of halogens is 8. The Bertz CT molecular complexity index is 2270. The van der Waals surface area contributed by atoms with Crippen LogP contribution in [-0.4, -0.2) is 115 Å². The summed E-state index contributed by atoms with van der Waals surface area (Å²) in [4.78, 5) is 49.3. The Morgan fingerprint density at radius 3 is 2.35 bits per heavy atom. The second-order valence-corrected chi connectivity index (χ2v) is 15.5. The van der Waals surface area contributed by atoms with Gasteiger partial charge in [0.1, 0.15) is 35.6 Å². The van der Waals surface area contributed by atoms with E-state index in [9.17, 15) is 40.6 Å². The maximum Gasteiger partial charge on any atom is 0.490 e. The van der Waals surface area contributed by atoms with Gasteiger partial charge >= 0.3 is 30.3 Å². The van der Waals surface area contributed by atoms with Crippen molar-refractivity contribution < 1.29 is 69.6 Å². The third-order valence-electron chi connectivity index (χ3n) is 10.9. The number of nitrogens with one attached hydrogen (secondary N) is 1. The normalized spacial score (nSPS) is 23.1. The Hall–Kier alpha value is -5.60. The number of phenolic OH excluding ortho intramolecular Hbond substituents is 1. The first-order chi connectivity index (χ1) is 28.1. The van der Waals surface area contributed by atoms with Gasteiger partial charge in [-0.25, -0.2) is 18.4 Å². The number of aryl methyl sites for hydroxylation is 1. The smallest absolute Gasteiger partial charge is 0.490 e. The lowest BCUT2D eigenvalue weighted by Gasteiger charge is -2.42. The Kier molecular flexibility index (Phi) is 12.3. The summed E-state index contributed by atoms with van der Waals surface area (Å²) in [6.45, 7) is 4.62. The number of fused-ring (bicyclic) bond motifs is 6. The first-order valence-electron chi connectivity index (χ1n) is 18.9. The Morgan fingerprint density at radius 1 is 0.983 bits per heavy atom. The van der Waals surface area contributed by atoms with Crippen LogP contribution in [0.5, 0.6) is 11.8 Å². The minimum Gasteiger partial charge on any atom is -0.508 e. The molecular formula is C39H40F8N6O7. The summed E-state index contributed by atoms with van der Waals surface area (Å²) in [6, 6.07) is 8.99. The number of aromatic nitrogens is 3. The number of piperidine rings is 1. The van der Waals surface area contributed by atoms with Gasteiger partial charge in [-0.1, -0.05) is 18.2 Å². The molecule has 21 heteroatoms. The van der Waals surface area contributed by atoms with E-state index >= 15 is 4.39 Å². The molecule has 2 aromatic carbocycles. The van der Waals surface area contributed by atoms with E-state index in [0.29, 0.717) is 62.1 Å². The van der Waals surface area contributed by atoms with Crippen molar-refractivity contribution in [2.45, 2.75) is 87.9 Å². The topological polar surface area (TPSA) is 178 Å². The minimum atomic E-state index is -5.08. The van der Waals surface area contributed by atoms with Crippen LogP contribution in [0.15, 0.2) is 36.5 Å². The van der Waals surface area contributed by atoms with Gasteiger partial charge in [0.2, 0.25) is 5.91 Å². The molecule has 5 aliphatic heterocycles. The molecule has 3 fully saturated rings. The van der Waals surface area contributed by atoms with Gasteiger partial charge in [0, 0.05) is 44.2 Å². The molecule has 9 rings (SSSR count). The fourth-order valence-electron chi connectivity index (χ4n) is 8.41. The zero-order valence-electron chi connectivity index (χ0n) is 32.0. The summed E-state index contributed by atoms with van der Waals surface area (Å²) < 4.78 is 101. The van der Waals surface area contributed by atoms with Crippen LogP contribution < -0.4 is 15.0 Å². The number of hydrogen-bond acceptors (Lipinski definition) is 10. The number of nitrogens with zero attached hydrogens (tertiary/aromatic N) is 5. The molecule has 3 saturated heterocycles. The standard InChI is InChI=1S/C35H38F2N6O3.2C2HF3O2/c1-34-10-4-12-42(19-34)32-26-17-38-30(25-15-24(44)14-22-8-2-6-21(28(22)25)7-3-9-27(45)41-34)29(37)31(26)39-33(40-32)46-20-35-11-5-13-43(35)18-23(36)16-35;2*3-2(4,5)1(6)7/h2,6,8,14-15,17,23,44H,3-5,7,9-13,16,18-20H2,1H3,(H,41,45);2*(H,6,7)/t23-,34-,35+;;/m1../s1. The Balaban J connectivity index is 0.000000373. The molecule has 60 heavy (non-hydrogen) atoms. The SMILES string of the molecule is C[C@@]12CCCN(C1)c1nc(OC[C@@]34CCCN3C[C@H](F)C4)nc3c(F)c(ncc13)-c1cc(O)cc3cccc(c13)CCCC(=O)N2.O=C(O)C(F)(F)F.O=C(O)C(F)(F)F. The van der Waals surface area contributed by atoms with Crippen molar-refractivity contribution in [2.24, 2.45) is 0 Å². The maximum atomic E-state index is 16.9. The highest BCUT2D eigenvalue weighted by Gasteiger charge is 2.49. The van der Waals surface area contributed by atoms with Gasteiger partial charge in [-0.3, -0.25) is 14.7 Å². The molecule has 0 aliphatic carbocycles. The molecule has 2 aromatic heterocycles. The van der Waals surface area contributed by atoms with Crippen molar-refractivity contribution in [3.63, 3.8) is 0 Å². The van der Waals surface area contributed by atoms with Crippen LogP contribution in [0.3, 0.4) is 0 Å². The zero-order chi connectivity index (χ0) is 43.8. The predicted molar refractivity (Wildman–Crippen MR) is 199 cm³/mol. The number of carboxylic acids is 2. The Labute approximate surface area is 336 Å². The van der Waals surface area contributed by atoms with Crippen LogP contribution in [0.4, 0.5) is 40.9 Å². The average Bonchev–Trinajstić information content (AvgIpc) is 3.68. The Morgan fingerprint density at radius 2 is 1.67 bits per heavy atom. The highest BCUT2D eigenvalue weighted by atomic mass is 19.4. The van der Waals surface area contributed by atoms with Gasteiger partial charge in [0.05, 0.1) is 16.5 Å². The van der Waals surface area contributed by atoms with Crippen molar-refractivity contribution in [1.82, 2.24) is 25.2 Å². The number of carboxylic acid groups (broad SMARTS) is 2. The molecular weight excluding hydrogens is 816 g/mol. The largest absolute Gasteiger partial charge is 0.508 e. The summed E-state index contributed by atoms with van der Waals surface area (Å²) in [7, 11) is 0. The molecule has 7 heterocycles. The average molecular weight is 857 g/mol. The molecule has 3 atom stereocenters. The number of rotatable bonds is 3. The summed E-state index contributed by atoms with van der Waals surface area (Å²) >= 11 is 0. The highest BCUT2D eigenvalue weighted by molar-refractivity contribution is 6.01. The number of anilines is 1. The number of ether oxygens (including phenoxy) is 1. The third-order valence-corrected chi connectivity index (χ3v) is 10.9. The number of carbonyl (C=O) groups excluding carboxylic acids is 1. The van der Waals surface area contributed by atoms with E-state index in [2.05, 4.69) is 25.1 Å². The van der Waals surface area contributed by atoms with E-state index in [1.807, 2.05) is 25.1 Å². The molecule has 324 valence electrons. The van der Waals surface area contributed by atoms with Crippen LogP contribution in [0.25, 0.3) is 32.9 Å². The fourth-order valence-corrected chi connectivity index (χ4v) is 8.41. The molecule has 4 aromatic rings. The lowest BCUT2D eigenvalue weighted by atomic mass is 9.90. The molecule has 6 bridgehead atoms. The van der Waals surface area contributed by atoms with Crippen LogP contribution in [-0.2, 0) is 20.8 Å². The van der Waals surface area contributed by atoms with Crippen molar-refractivity contribution in [3.8, 4) is 23.0 Å². The van der Waals surface area contributed by atoms with Crippen molar-refractivity contribution in [3.05, 3.63) is 47.9 Å². The molecule has 0 unspecified atom stereocenters. The summed E-state index contributed by atoms with van der Waals surface area (Å²) in [5.74, 6) is -5.66. The van der Waals surface area contributed by atoms with Crippen molar-refractivity contribution in [1.29, 1.82) is 0 Å². The van der Waals surface area contributed by atoms with Crippen LogP contribution in [0.1, 0.15) is 57.4 Å². The van der Waals surface area contributed by atoms with Gasteiger partial charge < -0.3 is 30.3 Å². The number of pyridine rings is 1. The van der Waals surface area contributed by atoms with Gasteiger partial charge in [-0.05, 0) is 80.5 Å². The van der Waals surface area contributed by atoms with E-state index in [0.717, 1.165) is 48.6 Å². The zero-order valence-corrected chi connectivity index (χ0v) is 32.0. The first-order valence-corrected chi connectivity index (χ1v) is 18.9. The van der Waals surface area contributed by atoms with E-state index in [1.54, 1.807) is 12.3 Å². The first kappa shape index (κ1) is 44.0. The molecule has 0 saturated carbocycles. The lowest BCUT2D eigenvalue weighted by molar-refractivity contribution is -0.193. The van der Waals surface area contributed by atoms with Gasteiger partial charge in [0.15, 0.2) is 5.82 Å². The summed E-state index contributed by atoms with van der Waals surface area (Å²) in [5, 5.41) is 30.2. The number of phenols is 1. The molecule has 4 N–H and O–H groups in total. The number of carbonyl (C=O) groups is 3. The monoisotopic (exact) mass is 856 g/mol. The van der Waals surface area contributed by atoms with E-state index < -0.39 is 47.4 Å². The molecule has 13 nitrogen and oxygen atoms in total. The number of aliphatic carboxylic acids is 2. The van der Waals surface area contributed by atoms with Crippen LogP contribution >= 0.6 is 0 Å². The van der Waals surface area contributed by atoms with Gasteiger partial charge in [-0.2, -0.15) is 36.3 Å². The number of amides is 1. The van der Waals surface area contributed by atoms with Crippen LogP contribution in [0, 0.1) is 5.82 Å². The molecule has 0 radical (unpaired) electrons. The second kappa shape index (κ2) is 16.8. The second-order valence-electron chi connectivity index (χ2n) is 15.5. The van der Waals surface area contributed by atoms with E-state index in [4.69, 9.17) is 29.5 Å². The summed E-state index contributed by atoms with van der Waals surface area (Å²) in [6.07, 6.45) is -4.10. The number of benzene rings is 2. The van der Waals surface area contributed by atoms with E-state index in [-0.39, 0.29) is 35.5 Å². The van der Waals surface area contributed by atoms with Crippen molar-refractivity contribution >= 4 is 45.3 Å². The molecule has 1 amide bonds. The quantitative estimate of drug-likeness (QED) is 0.160. The van der Waals surface area contributed by atoms with Crippen molar-refractivity contribution in [2.75, 3.05) is 37.7 Å². The maximum absolute atomic E-state index is 16.9. The number of hydrogen-bond donors (Lipinski definition) is 4. The lowest BCUT2D eigenvalue weighted by Crippen LogP contribution is -2.57. The molecule has 5 aliphatic rings. The minimum absolute atomic E-state index is 0.00200. The van der Waals surface area contributed by atoms with Crippen LogP contribution in [0.2, 0.25) is 0 Å². The predicted octanol–water partition coefficient (Wildman–Crippen LogP) is 6.72. The van der Waals surface area contributed by atoms with Gasteiger partial charge in [-0.15, -0.1) is 0 Å². The summed E-state index contributed by atoms with van der Waals surface area (Å²) in [5.41, 5.74) is 0.608. The number of aromatic hydroxyl groups is 1. The number of alkyl halides is 7. The van der Waals surface area contributed by atoms with E-state index in [1.165, 1.54) is 6.07 Å². The fraction of sp³-hybridized carbons (Fsp3) is 0.487.